The quantitative estimate of drug-likeness (QED) is 0.374. The zero-order chi connectivity index (χ0) is 19.5. The second-order valence-corrected chi connectivity index (χ2v) is 16.9. The van der Waals surface area contributed by atoms with Gasteiger partial charge in [0.25, 0.3) is 0 Å². The lowest BCUT2D eigenvalue weighted by molar-refractivity contribution is 0.948. The van der Waals surface area contributed by atoms with Gasteiger partial charge in [0.2, 0.25) is 0 Å². The number of hydrogen-bond acceptors (Lipinski definition) is 2. The Morgan fingerprint density at radius 3 is 1.35 bits per heavy atom. The first kappa shape index (κ1) is 21.8. The van der Waals surface area contributed by atoms with Crippen LogP contribution >= 0.6 is 0 Å². The minimum Gasteiger partial charge on any atom is -0.198 e. The van der Waals surface area contributed by atoms with Crippen molar-refractivity contribution in [3.8, 4) is 35.1 Å². The van der Waals surface area contributed by atoms with Crippen molar-refractivity contribution >= 4 is 16.1 Å². The van der Waals surface area contributed by atoms with Gasteiger partial charge in [-0.15, -0.1) is 11.1 Å². The van der Waals surface area contributed by atoms with E-state index < -0.39 is 16.1 Å². The number of nitrogens with zero attached hydrogens (tertiary/aromatic N) is 2. The molecule has 0 N–H and O–H groups in total. The summed E-state index contributed by atoms with van der Waals surface area (Å²) in [4.78, 5) is 0. The summed E-state index contributed by atoms with van der Waals surface area (Å²) in [5.41, 5.74) is 8.98. The maximum Gasteiger partial charge on any atom is 0.132 e. The van der Waals surface area contributed by atoms with Gasteiger partial charge in [-0.25, -0.2) is 0 Å². The molecule has 1 rings (SSSR count). The topological polar surface area (TPSA) is 47.6 Å². The predicted molar refractivity (Wildman–Crippen MR) is 114 cm³/mol. The van der Waals surface area contributed by atoms with Gasteiger partial charge in [-0.3, -0.25) is 0 Å². The average Bonchev–Trinajstić information content (AvgIpc) is 2.59. The molecule has 0 aliphatic heterocycles. The normalized spacial score (nSPS) is 10.5. The monoisotopic (exact) mass is 376 g/mol. The Morgan fingerprint density at radius 1 is 0.692 bits per heavy atom. The summed E-state index contributed by atoms with van der Waals surface area (Å²) in [6.45, 7) is 9.04. The molecule has 0 bridgehead atoms. The highest BCUT2D eigenvalue weighted by Gasteiger charge is 2.17. The number of nitriles is 2. The molecule has 26 heavy (non-hydrogen) atoms. The van der Waals surface area contributed by atoms with Crippen molar-refractivity contribution in [3.05, 3.63) is 35.4 Å². The molecule has 0 atom stereocenters. The van der Waals surface area contributed by atoms with Crippen molar-refractivity contribution in [3.63, 3.8) is 0 Å². The highest BCUT2D eigenvalue weighted by atomic mass is 28.3. The Morgan fingerprint density at radius 2 is 1.04 bits per heavy atom. The average molecular weight is 377 g/mol. The third kappa shape index (κ3) is 9.29. The van der Waals surface area contributed by atoms with E-state index in [1.165, 1.54) is 0 Å². The summed E-state index contributed by atoms with van der Waals surface area (Å²) in [5, 5.41) is 17.3. The van der Waals surface area contributed by atoms with E-state index in [0.29, 0.717) is 12.8 Å². The smallest absolute Gasteiger partial charge is 0.132 e. The molecular weight excluding hydrogens is 348 g/mol. The van der Waals surface area contributed by atoms with E-state index in [2.05, 4.69) is 61.3 Å². The largest absolute Gasteiger partial charge is 0.198 e. The Kier molecular flexibility index (Phi) is 8.95. The number of rotatable bonds is 6. The van der Waals surface area contributed by atoms with Gasteiger partial charge in [-0.05, 0) is 49.2 Å². The zero-order valence-corrected chi connectivity index (χ0v) is 18.4. The van der Waals surface area contributed by atoms with Crippen molar-refractivity contribution in [2.24, 2.45) is 0 Å². The van der Waals surface area contributed by atoms with Crippen molar-refractivity contribution in [1.82, 2.24) is 0 Å². The molecule has 4 heteroatoms. The van der Waals surface area contributed by atoms with E-state index >= 15 is 0 Å². The van der Waals surface area contributed by atoms with E-state index in [4.69, 9.17) is 10.5 Å². The molecule has 0 radical (unpaired) electrons. The fourth-order valence-corrected chi connectivity index (χ4v) is 5.80. The molecule has 2 nitrogen and oxygen atoms in total. The molecule has 0 fully saturated rings. The van der Waals surface area contributed by atoms with Crippen LogP contribution in [0.2, 0.25) is 38.3 Å². The summed E-state index contributed by atoms with van der Waals surface area (Å²) >= 11 is 0. The van der Waals surface area contributed by atoms with Crippen LogP contribution in [0.15, 0.2) is 24.3 Å². The molecule has 0 heterocycles. The first-order chi connectivity index (χ1) is 12.3. The Hall–Kier alpha value is -2.25. The minimum atomic E-state index is -1.55. The molecule has 1 aromatic carbocycles. The SMILES string of the molecule is C[Si](C)(C#Cc1ccc(C#C[Si](C)(C)CCCC#N)cc1)CCCC#N. The van der Waals surface area contributed by atoms with Gasteiger partial charge in [0, 0.05) is 24.0 Å². The number of benzene rings is 1. The van der Waals surface area contributed by atoms with Crippen LogP contribution in [0.4, 0.5) is 0 Å². The number of hydrogen-bond donors (Lipinski definition) is 0. The van der Waals surface area contributed by atoms with Gasteiger partial charge in [0.15, 0.2) is 0 Å². The van der Waals surface area contributed by atoms with Crippen LogP contribution < -0.4 is 0 Å². The third-order valence-electron chi connectivity index (χ3n) is 4.16. The summed E-state index contributed by atoms with van der Waals surface area (Å²) in [6.07, 6.45) is 3.16. The fourth-order valence-electron chi connectivity index (χ4n) is 2.46. The van der Waals surface area contributed by atoms with E-state index in [0.717, 1.165) is 36.1 Å². The van der Waals surface area contributed by atoms with Gasteiger partial charge in [0.1, 0.15) is 16.1 Å². The summed E-state index contributed by atoms with van der Waals surface area (Å²) in [5.74, 6) is 6.61. The second-order valence-electron chi connectivity index (χ2n) is 7.87. The lowest BCUT2D eigenvalue weighted by atomic mass is 10.1. The molecule has 134 valence electrons. The van der Waals surface area contributed by atoms with E-state index in [1.54, 1.807) is 0 Å². The maximum absolute atomic E-state index is 8.65. The highest BCUT2D eigenvalue weighted by molar-refractivity contribution is 6.85. The summed E-state index contributed by atoms with van der Waals surface area (Å²) in [6, 6.07) is 14.7. The highest BCUT2D eigenvalue weighted by Crippen LogP contribution is 2.14. The van der Waals surface area contributed by atoms with Crippen molar-refractivity contribution in [2.75, 3.05) is 0 Å². The molecule has 0 saturated heterocycles. The van der Waals surface area contributed by atoms with Crippen LogP contribution in [-0.2, 0) is 0 Å². The summed E-state index contributed by atoms with van der Waals surface area (Å²) < 4.78 is 0. The molecule has 0 aromatic heterocycles. The standard InChI is InChI=1S/C22H28N2Si2/c1-25(2,17-7-5-15-23)19-13-21-9-11-22(12-10-21)14-20-26(3,4)18-8-6-16-24/h9-12H,5-8,17-18H2,1-4H3. The van der Waals surface area contributed by atoms with Crippen LogP contribution in [0.5, 0.6) is 0 Å². The predicted octanol–water partition coefficient (Wildman–Crippen LogP) is 5.49. The van der Waals surface area contributed by atoms with Crippen LogP contribution in [0.25, 0.3) is 0 Å². The third-order valence-corrected chi connectivity index (χ3v) is 8.97. The molecule has 0 amide bonds. The Labute approximate surface area is 161 Å². The Bertz CT molecular complexity index is 717. The van der Waals surface area contributed by atoms with Crippen LogP contribution in [0.1, 0.15) is 36.8 Å². The fraction of sp³-hybridized carbons (Fsp3) is 0.455. The number of unbranched alkanes of at least 4 members (excludes halogenated alkanes) is 2. The lowest BCUT2D eigenvalue weighted by Crippen LogP contribution is -2.22. The Balaban J connectivity index is 2.71. The molecular formula is C22H28N2Si2. The van der Waals surface area contributed by atoms with E-state index in [9.17, 15) is 0 Å². The van der Waals surface area contributed by atoms with Crippen LogP contribution in [-0.4, -0.2) is 16.1 Å². The zero-order valence-electron chi connectivity index (χ0n) is 16.4. The first-order valence-corrected chi connectivity index (χ1v) is 15.6. The lowest BCUT2D eigenvalue weighted by Gasteiger charge is -2.13. The molecule has 0 spiro atoms. The van der Waals surface area contributed by atoms with Crippen molar-refractivity contribution in [2.45, 2.75) is 64.0 Å². The van der Waals surface area contributed by atoms with Crippen molar-refractivity contribution < 1.29 is 0 Å². The maximum atomic E-state index is 8.65. The molecule has 1 aromatic rings. The van der Waals surface area contributed by atoms with Gasteiger partial charge in [-0.2, -0.15) is 10.5 Å². The van der Waals surface area contributed by atoms with Crippen LogP contribution in [0.3, 0.4) is 0 Å². The molecule has 0 unspecified atom stereocenters. The van der Waals surface area contributed by atoms with E-state index in [1.807, 2.05) is 24.3 Å². The molecule has 0 saturated carbocycles. The second kappa shape index (κ2) is 10.7. The first-order valence-electron chi connectivity index (χ1n) is 9.18. The summed E-state index contributed by atoms with van der Waals surface area (Å²) in [7, 11) is -3.10. The molecule has 0 aliphatic rings. The molecule has 0 aliphatic carbocycles. The van der Waals surface area contributed by atoms with Gasteiger partial charge in [0.05, 0.1) is 12.1 Å². The van der Waals surface area contributed by atoms with Gasteiger partial charge >= 0.3 is 0 Å². The van der Waals surface area contributed by atoms with Crippen LogP contribution in [0, 0.1) is 45.6 Å². The van der Waals surface area contributed by atoms with Crippen molar-refractivity contribution in [1.29, 1.82) is 10.5 Å². The minimum absolute atomic E-state index is 0.627. The van der Waals surface area contributed by atoms with E-state index in [-0.39, 0.29) is 0 Å². The van der Waals surface area contributed by atoms with Gasteiger partial charge < -0.3 is 0 Å². The van der Waals surface area contributed by atoms with Gasteiger partial charge in [-0.1, -0.05) is 38.0 Å².